The van der Waals surface area contributed by atoms with Crippen LogP contribution in [0.2, 0.25) is 0 Å². The summed E-state index contributed by atoms with van der Waals surface area (Å²) in [4.78, 5) is 21.3. The first-order chi connectivity index (χ1) is 13.6. The molecule has 6 heteroatoms. The van der Waals surface area contributed by atoms with E-state index in [4.69, 9.17) is 0 Å². The molecule has 2 aromatic carbocycles. The quantitative estimate of drug-likeness (QED) is 0.507. The highest BCUT2D eigenvalue weighted by molar-refractivity contribution is 7.51. The van der Waals surface area contributed by atoms with Gasteiger partial charge in [0.25, 0.3) is 0 Å². The molecule has 0 fully saturated rings. The van der Waals surface area contributed by atoms with E-state index in [0.717, 1.165) is 16.7 Å². The normalized spacial score (nSPS) is 13.9. The van der Waals surface area contributed by atoms with Crippen LogP contribution in [0.3, 0.4) is 0 Å². The molecule has 0 amide bonds. The number of benzene rings is 2. The Hall–Kier alpha value is -1.81. The summed E-state index contributed by atoms with van der Waals surface area (Å²) in [6.07, 6.45) is -0.373. The molecule has 0 aliphatic heterocycles. The van der Waals surface area contributed by atoms with E-state index in [-0.39, 0.29) is 28.8 Å². The maximum atomic E-state index is 12.0. The second-order valence-electron chi connectivity index (χ2n) is 10.2. The summed E-state index contributed by atoms with van der Waals surface area (Å²) in [7, 11) is -4.30. The van der Waals surface area contributed by atoms with Crippen LogP contribution in [0.15, 0.2) is 42.5 Å². The Labute approximate surface area is 180 Å². The van der Waals surface area contributed by atoms with Crippen molar-refractivity contribution in [3.63, 3.8) is 0 Å². The first-order valence-corrected chi connectivity index (χ1v) is 12.1. The fourth-order valence-corrected chi connectivity index (χ4v) is 4.35. The second kappa shape index (κ2) is 8.74. The maximum Gasteiger partial charge on any atom is 0.344 e. The van der Waals surface area contributed by atoms with Crippen LogP contribution in [-0.4, -0.2) is 27.7 Å². The molecule has 0 aromatic heterocycles. The van der Waals surface area contributed by atoms with Gasteiger partial charge in [-0.15, -0.1) is 0 Å². The predicted octanol–water partition coefficient (Wildman–Crippen LogP) is 5.73. The van der Waals surface area contributed by atoms with Gasteiger partial charge < -0.3 is 19.8 Å². The molecule has 0 radical (unpaired) electrons. The Morgan fingerprint density at radius 2 is 1.40 bits per heavy atom. The molecule has 1 atom stereocenters. The van der Waals surface area contributed by atoms with E-state index in [9.17, 15) is 19.5 Å². The van der Waals surface area contributed by atoms with Crippen molar-refractivity contribution in [3.8, 4) is 5.75 Å². The lowest BCUT2D eigenvalue weighted by atomic mass is 9.79. The Bertz CT molecular complexity index is 872. The van der Waals surface area contributed by atoms with Crippen LogP contribution < -0.4 is 4.90 Å². The third-order valence-corrected chi connectivity index (χ3v) is 6.00. The third-order valence-electron chi connectivity index (χ3n) is 5.29. The van der Waals surface area contributed by atoms with Gasteiger partial charge in [-0.05, 0) is 34.4 Å². The molecule has 3 N–H and O–H groups in total. The van der Waals surface area contributed by atoms with Crippen molar-refractivity contribution < 1.29 is 19.5 Å². The van der Waals surface area contributed by atoms with Gasteiger partial charge in [0.05, 0.1) is 0 Å². The Morgan fingerprint density at radius 1 is 0.933 bits per heavy atom. The predicted molar refractivity (Wildman–Crippen MR) is 125 cm³/mol. The largest absolute Gasteiger partial charge is 0.507 e. The molecule has 0 saturated carbocycles. The van der Waals surface area contributed by atoms with Crippen molar-refractivity contribution in [2.24, 2.45) is 0 Å². The summed E-state index contributed by atoms with van der Waals surface area (Å²) < 4.78 is 12.0. The van der Waals surface area contributed by atoms with Crippen LogP contribution in [0, 0.1) is 0 Å². The molecule has 0 aliphatic rings. The Morgan fingerprint density at radius 3 is 1.80 bits per heavy atom. The number of rotatable bonds is 6. The zero-order valence-electron chi connectivity index (χ0n) is 19.2. The second-order valence-corrected chi connectivity index (χ2v) is 11.8. The van der Waals surface area contributed by atoms with E-state index < -0.39 is 7.60 Å². The van der Waals surface area contributed by atoms with E-state index >= 15 is 0 Å². The number of hydrogen-bond donors (Lipinski definition) is 3. The molecule has 5 nitrogen and oxygen atoms in total. The van der Waals surface area contributed by atoms with Crippen LogP contribution in [-0.2, 0) is 15.4 Å². The number of hydrogen-bond acceptors (Lipinski definition) is 3. The molecule has 0 heterocycles. The van der Waals surface area contributed by atoms with Crippen molar-refractivity contribution >= 4 is 13.3 Å². The molecular formula is C24H36NO4P. The van der Waals surface area contributed by atoms with Crippen molar-refractivity contribution in [2.75, 3.05) is 17.7 Å². The van der Waals surface area contributed by atoms with Crippen molar-refractivity contribution in [1.82, 2.24) is 0 Å². The number of phenols is 1. The van der Waals surface area contributed by atoms with Crippen molar-refractivity contribution in [1.29, 1.82) is 0 Å². The first kappa shape index (κ1) is 24.5. The molecule has 2 aromatic rings. The summed E-state index contributed by atoms with van der Waals surface area (Å²) in [5, 5.41) is 11.0. The molecule has 2 rings (SSSR count). The van der Waals surface area contributed by atoms with Crippen LogP contribution in [0.1, 0.15) is 71.1 Å². The number of aromatic hydroxyl groups is 1. The molecule has 166 valence electrons. The van der Waals surface area contributed by atoms with Crippen LogP contribution in [0.25, 0.3) is 0 Å². The zero-order chi connectivity index (χ0) is 22.9. The highest BCUT2D eigenvalue weighted by Gasteiger charge is 2.29. The van der Waals surface area contributed by atoms with E-state index in [1.165, 1.54) is 0 Å². The molecule has 0 aliphatic carbocycles. The average molecular weight is 434 g/mol. The lowest BCUT2D eigenvalue weighted by molar-refractivity contribution is 0.371. The minimum Gasteiger partial charge on any atom is -0.507 e. The highest BCUT2D eigenvalue weighted by atomic mass is 31.2. The zero-order valence-corrected chi connectivity index (χ0v) is 20.1. The van der Waals surface area contributed by atoms with Gasteiger partial charge in [-0.1, -0.05) is 78.8 Å². The fraction of sp³-hybridized carbons (Fsp3) is 0.500. The molecule has 0 bridgehead atoms. The topological polar surface area (TPSA) is 81.0 Å². The minimum atomic E-state index is -4.30. The van der Waals surface area contributed by atoms with Crippen molar-refractivity contribution in [3.05, 3.63) is 59.2 Å². The van der Waals surface area contributed by atoms with Crippen LogP contribution in [0.4, 0.5) is 5.69 Å². The monoisotopic (exact) mass is 433 g/mol. The van der Waals surface area contributed by atoms with E-state index in [1.807, 2.05) is 84.0 Å². The average Bonchev–Trinajstić information content (AvgIpc) is 2.59. The summed E-state index contributed by atoms with van der Waals surface area (Å²) in [6.45, 7) is 14.7. The summed E-state index contributed by atoms with van der Waals surface area (Å²) in [6, 6.07) is 13.7. The molecule has 1 unspecified atom stereocenters. The van der Waals surface area contributed by atoms with Crippen LogP contribution in [0.5, 0.6) is 5.75 Å². The number of nitrogens with zero attached hydrogens (tertiary/aromatic N) is 1. The first-order valence-electron chi connectivity index (χ1n) is 10.3. The molecule has 0 spiro atoms. The smallest absolute Gasteiger partial charge is 0.344 e. The lowest BCUT2D eigenvalue weighted by Crippen LogP contribution is -2.30. The van der Waals surface area contributed by atoms with Gasteiger partial charge in [0.15, 0.2) is 0 Å². The molecule has 0 saturated heterocycles. The SMILES string of the molecule is CC(CN(CP(=O)(O)O)c1cc(C(C)(C)C)c(O)c(C(C)(C)C)c1)c1ccccc1. The van der Waals surface area contributed by atoms with Gasteiger partial charge >= 0.3 is 7.60 Å². The van der Waals surface area contributed by atoms with Gasteiger partial charge in [0.2, 0.25) is 0 Å². The molecule has 30 heavy (non-hydrogen) atoms. The van der Waals surface area contributed by atoms with Gasteiger partial charge in [0, 0.05) is 23.4 Å². The minimum absolute atomic E-state index is 0.0720. The standard InChI is InChI=1S/C24H36NO4P/c1-17(18-11-9-8-10-12-18)15-25(16-30(27,28)29)19-13-20(23(2,3)4)22(26)21(14-19)24(5,6)7/h8-14,17,26H,15-16H2,1-7H3,(H2,27,28,29). The van der Waals surface area contributed by atoms with Gasteiger partial charge in [-0.3, -0.25) is 4.57 Å². The fourth-order valence-electron chi connectivity index (χ4n) is 3.63. The Balaban J connectivity index is 2.60. The number of anilines is 1. The summed E-state index contributed by atoms with van der Waals surface area (Å²) in [5.41, 5.74) is 2.73. The van der Waals surface area contributed by atoms with Gasteiger partial charge in [-0.2, -0.15) is 0 Å². The van der Waals surface area contributed by atoms with Crippen molar-refractivity contribution in [2.45, 2.75) is 65.2 Å². The Kier molecular flexibility index (Phi) is 7.13. The van der Waals surface area contributed by atoms with E-state index in [2.05, 4.69) is 6.92 Å². The highest BCUT2D eigenvalue weighted by Crippen LogP contribution is 2.44. The third kappa shape index (κ3) is 6.34. The van der Waals surface area contributed by atoms with E-state index in [1.54, 1.807) is 4.90 Å². The summed E-state index contributed by atoms with van der Waals surface area (Å²) in [5.74, 6) is 0.328. The van der Waals surface area contributed by atoms with Crippen LogP contribution >= 0.6 is 7.60 Å². The lowest BCUT2D eigenvalue weighted by Gasteiger charge is -2.33. The summed E-state index contributed by atoms with van der Waals surface area (Å²) >= 11 is 0. The maximum absolute atomic E-state index is 12.0. The molecular weight excluding hydrogens is 397 g/mol. The number of phenolic OH excluding ortho intramolecular Hbond substituents is 1. The van der Waals surface area contributed by atoms with E-state index in [0.29, 0.717) is 12.2 Å². The van der Waals surface area contributed by atoms with Gasteiger partial charge in [-0.25, -0.2) is 0 Å². The van der Waals surface area contributed by atoms with Gasteiger partial charge in [0.1, 0.15) is 12.0 Å².